The molecule has 0 saturated carbocycles. The standard InChI is InChI=1S/C13H16N2O5/c1-8-2-3-9(20-8)4-7-12(17)15-10(13(18)19)5-6-11(14)16/h2-4,7,10H,5-6H2,1H3,(H2,14,16)(H,15,17)(H,18,19)/b7-4+/t10-/m1/s1. The van der Waals surface area contributed by atoms with E-state index < -0.39 is 23.8 Å². The Morgan fingerprint density at radius 1 is 1.45 bits per heavy atom. The highest BCUT2D eigenvalue weighted by Gasteiger charge is 2.19. The number of nitrogens with two attached hydrogens (primary N) is 1. The van der Waals surface area contributed by atoms with Gasteiger partial charge in [0.2, 0.25) is 11.8 Å². The first kappa shape index (κ1) is 15.5. The van der Waals surface area contributed by atoms with Gasteiger partial charge in [-0.3, -0.25) is 9.59 Å². The highest BCUT2D eigenvalue weighted by Crippen LogP contribution is 2.07. The Morgan fingerprint density at radius 2 is 2.15 bits per heavy atom. The molecule has 108 valence electrons. The van der Waals surface area contributed by atoms with Crippen LogP contribution in [0.4, 0.5) is 0 Å². The highest BCUT2D eigenvalue weighted by atomic mass is 16.4. The topological polar surface area (TPSA) is 123 Å². The second-order valence-electron chi connectivity index (χ2n) is 4.19. The Morgan fingerprint density at radius 3 is 2.65 bits per heavy atom. The van der Waals surface area contributed by atoms with Crippen LogP contribution in [-0.2, 0) is 14.4 Å². The van der Waals surface area contributed by atoms with Crippen molar-refractivity contribution in [2.75, 3.05) is 0 Å². The van der Waals surface area contributed by atoms with E-state index in [1.165, 1.54) is 12.2 Å². The van der Waals surface area contributed by atoms with Gasteiger partial charge in [-0.05, 0) is 31.6 Å². The van der Waals surface area contributed by atoms with Crippen molar-refractivity contribution in [1.82, 2.24) is 5.32 Å². The first-order chi connectivity index (χ1) is 9.38. The molecule has 0 unspecified atom stereocenters. The molecule has 7 heteroatoms. The molecule has 1 atom stereocenters. The van der Waals surface area contributed by atoms with Gasteiger partial charge in [0.1, 0.15) is 17.6 Å². The fourth-order valence-corrected chi connectivity index (χ4v) is 1.46. The summed E-state index contributed by atoms with van der Waals surface area (Å²) in [6.45, 7) is 1.77. The van der Waals surface area contributed by atoms with E-state index in [1.54, 1.807) is 19.1 Å². The molecule has 1 aromatic heterocycles. The number of amides is 2. The van der Waals surface area contributed by atoms with Crippen LogP contribution >= 0.6 is 0 Å². The van der Waals surface area contributed by atoms with E-state index in [9.17, 15) is 14.4 Å². The molecule has 20 heavy (non-hydrogen) atoms. The number of primary amides is 1. The number of carboxylic acid groups (broad SMARTS) is 1. The van der Waals surface area contributed by atoms with E-state index in [1.807, 2.05) is 0 Å². The summed E-state index contributed by atoms with van der Waals surface area (Å²) in [6.07, 6.45) is 2.43. The Hall–Kier alpha value is -2.57. The van der Waals surface area contributed by atoms with Crippen LogP contribution in [-0.4, -0.2) is 28.9 Å². The van der Waals surface area contributed by atoms with Crippen LogP contribution in [0.25, 0.3) is 6.08 Å². The summed E-state index contributed by atoms with van der Waals surface area (Å²) in [5.74, 6) is -1.23. The second kappa shape index (κ2) is 7.13. The normalized spacial score (nSPS) is 12.2. The highest BCUT2D eigenvalue weighted by molar-refractivity contribution is 5.94. The summed E-state index contributed by atoms with van der Waals surface area (Å²) >= 11 is 0. The number of nitrogens with one attached hydrogen (secondary N) is 1. The lowest BCUT2D eigenvalue weighted by Crippen LogP contribution is -2.40. The van der Waals surface area contributed by atoms with Crippen molar-refractivity contribution in [3.8, 4) is 0 Å². The van der Waals surface area contributed by atoms with Gasteiger partial charge in [-0.2, -0.15) is 0 Å². The van der Waals surface area contributed by atoms with Crippen molar-refractivity contribution in [2.24, 2.45) is 5.73 Å². The van der Waals surface area contributed by atoms with Gasteiger partial charge in [-0.25, -0.2) is 4.79 Å². The van der Waals surface area contributed by atoms with E-state index in [0.717, 1.165) is 0 Å². The first-order valence-corrected chi connectivity index (χ1v) is 5.94. The van der Waals surface area contributed by atoms with Gasteiger partial charge in [0.15, 0.2) is 0 Å². The lowest BCUT2D eigenvalue weighted by Gasteiger charge is -2.11. The molecule has 0 radical (unpaired) electrons. The summed E-state index contributed by atoms with van der Waals surface area (Å²) in [6, 6.07) is 2.27. The molecular weight excluding hydrogens is 264 g/mol. The number of rotatable bonds is 7. The number of carbonyl (C=O) groups is 3. The maximum absolute atomic E-state index is 11.6. The van der Waals surface area contributed by atoms with Crippen molar-refractivity contribution in [3.05, 3.63) is 29.7 Å². The number of hydrogen-bond acceptors (Lipinski definition) is 4. The van der Waals surface area contributed by atoms with Crippen LogP contribution in [0.2, 0.25) is 0 Å². The lowest BCUT2D eigenvalue weighted by atomic mass is 10.1. The SMILES string of the molecule is Cc1ccc(/C=C/C(=O)N[C@H](CCC(N)=O)C(=O)O)o1. The zero-order valence-electron chi connectivity index (χ0n) is 11.0. The van der Waals surface area contributed by atoms with Crippen molar-refractivity contribution < 1.29 is 23.9 Å². The molecule has 1 heterocycles. The number of furan rings is 1. The summed E-state index contributed by atoms with van der Waals surface area (Å²) in [4.78, 5) is 33.1. The fourth-order valence-electron chi connectivity index (χ4n) is 1.46. The van der Waals surface area contributed by atoms with E-state index in [2.05, 4.69) is 5.32 Å². The maximum Gasteiger partial charge on any atom is 0.326 e. The number of carbonyl (C=O) groups excluding carboxylic acids is 2. The summed E-state index contributed by atoms with van der Waals surface area (Å²) < 4.78 is 5.22. The number of carboxylic acids is 1. The van der Waals surface area contributed by atoms with Crippen LogP contribution in [0.15, 0.2) is 22.6 Å². The Kier molecular flexibility index (Phi) is 5.52. The van der Waals surface area contributed by atoms with E-state index >= 15 is 0 Å². The molecule has 1 rings (SSSR count). The molecule has 0 bridgehead atoms. The van der Waals surface area contributed by atoms with E-state index in [-0.39, 0.29) is 12.8 Å². The number of hydrogen-bond donors (Lipinski definition) is 3. The predicted octanol–water partition coefficient (Wildman–Crippen LogP) is 0.436. The minimum Gasteiger partial charge on any atom is -0.480 e. The average molecular weight is 280 g/mol. The second-order valence-corrected chi connectivity index (χ2v) is 4.19. The molecule has 7 nitrogen and oxygen atoms in total. The molecule has 4 N–H and O–H groups in total. The molecule has 0 aromatic carbocycles. The van der Waals surface area contributed by atoms with Crippen molar-refractivity contribution in [1.29, 1.82) is 0 Å². The first-order valence-electron chi connectivity index (χ1n) is 5.94. The predicted molar refractivity (Wildman–Crippen MR) is 70.5 cm³/mol. The van der Waals surface area contributed by atoms with Crippen molar-refractivity contribution in [3.63, 3.8) is 0 Å². The molecule has 2 amide bonds. The Labute approximate surface area is 115 Å². The molecule has 0 spiro atoms. The number of aliphatic carboxylic acids is 1. The van der Waals surface area contributed by atoms with Crippen LogP contribution in [0.5, 0.6) is 0 Å². The van der Waals surface area contributed by atoms with Crippen molar-refractivity contribution in [2.45, 2.75) is 25.8 Å². The minimum absolute atomic E-state index is 0.0515. The Bertz CT molecular complexity index is 533. The van der Waals surface area contributed by atoms with Crippen LogP contribution in [0.3, 0.4) is 0 Å². The van der Waals surface area contributed by atoms with Gasteiger partial charge < -0.3 is 20.6 Å². The third kappa shape index (κ3) is 5.38. The molecule has 0 aliphatic carbocycles. The van der Waals surface area contributed by atoms with Gasteiger partial charge in [0.25, 0.3) is 0 Å². The summed E-state index contributed by atoms with van der Waals surface area (Å²) in [5, 5.41) is 11.2. The zero-order chi connectivity index (χ0) is 15.1. The molecular formula is C13H16N2O5. The molecule has 0 aliphatic heterocycles. The van der Waals surface area contributed by atoms with Gasteiger partial charge >= 0.3 is 5.97 Å². The minimum atomic E-state index is -1.22. The van der Waals surface area contributed by atoms with E-state index in [4.69, 9.17) is 15.3 Å². The van der Waals surface area contributed by atoms with Crippen molar-refractivity contribution >= 4 is 23.9 Å². The molecule has 0 fully saturated rings. The van der Waals surface area contributed by atoms with Crippen LogP contribution < -0.4 is 11.1 Å². The van der Waals surface area contributed by atoms with Crippen LogP contribution in [0.1, 0.15) is 24.4 Å². The molecule has 1 aromatic rings. The number of aryl methyl sites for hydroxylation is 1. The van der Waals surface area contributed by atoms with Gasteiger partial charge in [-0.15, -0.1) is 0 Å². The third-order valence-electron chi connectivity index (χ3n) is 2.45. The smallest absolute Gasteiger partial charge is 0.326 e. The quantitative estimate of drug-likeness (QED) is 0.625. The monoisotopic (exact) mass is 280 g/mol. The molecule has 0 aliphatic rings. The van der Waals surface area contributed by atoms with Gasteiger partial charge in [0, 0.05) is 12.5 Å². The lowest BCUT2D eigenvalue weighted by molar-refractivity contribution is -0.141. The van der Waals surface area contributed by atoms with E-state index in [0.29, 0.717) is 11.5 Å². The third-order valence-corrected chi connectivity index (χ3v) is 2.45. The average Bonchev–Trinajstić information content (AvgIpc) is 2.77. The molecule has 0 saturated heterocycles. The summed E-state index contributed by atoms with van der Waals surface area (Å²) in [5.41, 5.74) is 4.94. The summed E-state index contributed by atoms with van der Waals surface area (Å²) in [7, 11) is 0. The van der Waals surface area contributed by atoms with Gasteiger partial charge in [-0.1, -0.05) is 0 Å². The largest absolute Gasteiger partial charge is 0.480 e. The Balaban J connectivity index is 2.55. The fraction of sp³-hybridized carbons (Fsp3) is 0.308. The van der Waals surface area contributed by atoms with Gasteiger partial charge in [0.05, 0.1) is 0 Å². The maximum atomic E-state index is 11.6. The zero-order valence-corrected chi connectivity index (χ0v) is 11.0. The van der Waals surface area contributed by atoms with Crippen LogP contribution in [0, 0.1) is 6.92 Å².